The van der Waals surface area contributed by atoms with Crippen LogP contribution in [0, 0.1) is 5.92 Å². The SMILES string of the molecule is CC1=C(S(=O)O)C=CC(C)C1. The fraction of sp³-hybridized carbons (Fsp3) is 0.500. The molecule has 62 valence electrons. The predicted octanol–water partition coefficient (Wildman–Crippen LogP) is 2.08. The summed E-state index contributed by atoms with van der Waals surface area (Å²) in [4.78, 5) is 0.572. The van der Waals surface area contributed by atoms with Gasteiger partial charge in [-0.2, -0.15) is 0 Å². The van der Waals surface area contributed by atoms with Gasteiger partial charge in [0.2, 0.25) is 0 Å². The van der Waals surface area contributed by atoms with Gasteiger partial charge < -0.3 is 4.55 Å². The van der Waals surface area contributed by atoms with E-state index in [9.17, 15) is 4.21 Å². The molecule has 1 aliphatic carbocycles. The molecule has 0 heterocycles. The molecule has 0 bridgehead atoms. The van der Waals surface area contributed by atoms with Crippen molar-refractivity contribution < 1.29 is 8.76 Å². The maximum Gasteiger partial charge on any atom is 0.186 e. The Morgan fingerprint density at radius 3 is 2.82 bits per heavy atom. The first-order chi connectivity index (χ1) is 5.11. The Morgan fingerprint density at radius 1 is 1.73 bits per heavy atom. The summed E-state index contributed by atoms with van der Waals surface area (Å²) in [5.74, 6) is 0.502. The first-order valence-corrected chi connectivity index (χ1v) is 4.70. The molecule has 2 unspecified atom stereocenters. The van der Waals surface area contributed by atoms with Gasteiger partial charge in [0.15, 0.2) is 11.1 Å². The van der Waals surface area contributed by atoms with E-state index in [1.807, 2.05) is 13.0 Å². The van der Waals surface area contributed by atoms with Crippen molar-refractivity contribution in [1.82, 2.24) is 0 Å². The lowest BCUT2D eigenvalue weighted by Crippen LogP contribution is -2.03. The first kappa shape index (κ1) is 8.68. The third-order valence-corrected chi connectivity index (χ3v) is 2.67. The summed E-state index contributed by atoms with van der Waals surface area (Å²) in [5, 5.41) is 0. The Bertz CT molecular complexity index is 240. The van der Waals surface area contributed by atoms with E-state index in [1.54, 1.807) is 6.08 Å². The van der Waals surface area contributed by atoms with Gasteiger partial charge in [0.05, 0.1) is 4.91 Å². The molecule has 0 radical (unpaired) electrons. The minimum absolute atomic E-state index is 0.502. The Morgan fingerprint density at radius 2 is 2.36 bits per heavy atom. The van der Waals surface area contributed by atoms with E-state index in [0.717, 1.165) is 12.0 Å². The highest BCUT2D eigenvalue weighted by molar-refractivity contribution is 7.83. The Balaban J connectivity index is 2.88. The van der Waals surface area contributed by atoms with Gasteiger partial charge in [-0.25, -0.2) is 4.21 Å². The molecule has 2 nitrogen and oxygen atoms in total. The van der Waals surface area contributed by atoms with E-state index in [2.05, 4.69) is 6.92 Å². The zero-order chi connectivity index (χ0) is 8.43. The van der Waals surface area contributed by atoms with Crippen molar-refractivity contribution in [1.29, 1.82) is 0 Å². The third-order valence-electron chi connectivity index (χ3n) is 1.81. The molecule has 3 heteroatoms. The van der Waals surface area contributed by atoms with Crippen LogP contribution < -0.4 is 0 Å². The van der Waals surface area contributed by atoms with Crippen LogP contribution in [-0.4, -0.2) is 8.76 Å². The van der Waals surface area contributed by atoms with E-state index in [1.165, 1.54) is 0 Å². The first-order valence-electron chi connectivity index (χ1n) is 3.60. The zero-order valence-electron chi connectivity index (χ0n) is 6.70. The van der Waals surface area contributed by atoms with Gasteiger partial charge in [-0.1, -0.05) is 18.6 Å². The lowest BCUT2D eigenvalue weighted by atomic mass is 9.97. The van der Waals surface area contributed by atoms with Gasteiger partial charge >= 0.3 is 0 Å². The van der Waals surface area contributed by atoms with E-state index in [4.69, 9.17) is 4.55 Å². The van der Waals surface area contributed by atoms with Crippen molar-refractivity contribution >= 4 is 11.1 Å². The van der Waals surface area contributed by atoms with Crippen LogP contribution >= 0.6 is 0 Å². The van der Waals surface area contributed by atoms with Gasteiger partial charge in [-0.15, -0.1) is 0 Å². The molecule has 0 aliphatic heterocycles. The number of hydrogen-bond donors (Lipinski definition) is 1. The van der Waals surface area contributed by atoms with Gasteiger partial charge in [-0.3, -0.25) is 0 Å². The summed E-state index contributed by atoms with van der Waals surface area (Å²) in [7, 11) is 0. The monoisotopic (exact) mass is 172 g/mol. The van der Waals surface area contributed by atoms with Gasteiger partial charge in [0.1, 0.15) is 0 Å². The molecular formula is C8H12O2S. The quantitative estimate of drug-likeness (QED) is 0.615. The van der Waals surface area contributed by atoms with Crippen LogP contribution in [0.1, 0.15) is 20.3 Å². The van der Waals surface area contributed by atoms with Crippen LogP contribution in [0.4, 0.5) is 0 Å². The van der Waals surface area contributed by atoms with Crippen molar-refractivity contribution in [2.24, 2.45) is 5.92 Å². The molecule has 0 aromatic heterocycles. The maximum absolute atomic E-state index is 10.7. The molecule has 2 atom stereocenters. The molecule has 0 saturated heterocycles. The van der Waals surface area contributed by atoms with Gasteiger partial charge in [0.25, 0.3) is 0 Å². The van der Waals surface area contributed by atoms with Crippen LogP contribution in [0.3, 0.4) is 0 Å². The number of rotatable bonds is 1. The Labute approximate surface area is 69.3 Å². The third kappa shape index (κ3) is 2.01. The Kier molecular flexibility index (Phi) is 2.62. The average molecular weight is 172 g/mol. The Hall–Kier alpha value is -0.410. The lowest BCUT2D eigenvalue weighted by Gasteiger charge is -2.14. The van der Waals surface area contributed by atoms with E-state index < -0.39 is 11.1 Å². The van der Waals surface area contributed by atoms with Crippen LogP contribution in [0.15, 0.2) is 22.6 Å². The molecule has 11 heavy (non-hydrogen) atoms. The molecule has 0 aromatic carbocycles. The van der Waals surface area contributed by atoms with Crippen LogP contribution in [0.25, 0.3) is 0 Å². The minimum atomic E-state index is -1.80. The highest BCUT2D eigenvalue weighted by atomic mass is 32.2. The highest BCUT2D eigenvalue weighted by Gasteiger charge is 2.12. The molecule has 0 spiro atoms. The summed E-state index contributed by atoms with van der Waals surface area (Å²) in [6.07, 6.45) is 4.62. The van der Waals surface area contributed by atoms with Crippen molar-refractivity contribution in [2.45, 2.75) is 20.3 Å². The number of allylic oxidation sites excluding steroid dienone is 3. The second-order valence-electron chi connectivity index (χ2n) is 2.93. The lowest BCUT2D eigenvalue weighted by molar-refractivity contribution is 0.570. The zero-order valence-corrected chi connectivity index (χ0v) is 7.52. The molecular weight excluding hydrogens is 160 g/mol. The summed E-state index contributed by atoms with van der Waals surface area (Å²) < 4.78 is 19.5. The van der Waals surface area contributed by atoms with Crippen LogP contribution in [0.5, 0.6) is 0 Å². The van der Waals surface area contributed by atoms with Crippen molar-refractivity contribution in [3.63, 3.8) is 0 Å². The summed E-state index contributed by atoms with van der Waals surface area (Å²) in [6, 6.07) is 0. The van der Waals surface area contributed by atoms with E-state index >= 15 is 0 Å². The predicted molar refractivity (Wildman–Crippen MR) is 46.4 cm³/mol. The fourth-order valence-corrected chi connectivity index (χ4v) is 1.83. The van der Waals surface area contributed by atoms with Crippen molar-refractivity contribution in [3.05, 3.63) is 22.6 Å². The van der Waals surface area contributed by atoms with Crippen molar-refractivity contribution in [3.8, 4) is 0 Å². The summed E-state index contributed by atoms with van der Waals surface area (Å²) >= 11 is -1.80. The smallest absolute Gasteiger partial charge is 0.186 e. The summed E-state index contributed by atoms with van der Waals surface area (Å²) in [6.45, 7) is 4.00. The summed E-state index contributed by atoms with van der Waals surface area (Å²) in [5.41, 5.74) is 1.03. The van der Waals surface area contributed by atoms with Crippen molar-refractivity contribution in [2.75, 3.05) is 0 Å². The van der Waals surface area contributed by atoms with Gasteiger partial charge in [0, 0.05) is 0 Å². The van der Waals surface area contributed by atoms with E-state index in [-0.39, 0.29) is 0 Å². The molecule has 0 saturated carbocycles. The van der Waals surface area contributed by atoms with E-state index in [0.29, 0.717) is 10.8 Å². The molecule has 0 amide bonds. The normalized spacial score (nSPS) is 27.4. The largest absolute Gasteiger partial charge is 0.302 e. The fourth-order valence-electron chi connectivity index (χ4n) is 1.25. The maximum atomic E-state index is 10.7. The standard InChI is InChI=1S/C8H12O2S/c1-6-3-4-8(11(9)10)7(2)5-6/h3-4,6H,5H2,1-2H3,(H,9,10). The second kappa shape index (κ2) is 3.32. The molecule has 1 aliphatic rings. The van der Waals surface area contributed by atoms with Crippen LogP contribution in [0.2, 0.25) is 0 Å². The molecule has 0 fully saturated rings. The second-order valence-corrected chi connectivity index (χ2v) is 3.87. The average Bonchev–Trinajstić information content (AvgIpc) is 1.85. The topological polar surface area (TPSA) is 37.3 Å². The highest BCUT2D eigenvalue weighted by Crippen LogP contribution is 2.23. The van der Waals surface area contributed by atoms with Gasteiger partial charge in [-0.05, 0) is 25.3 Å². The number of hydrogen-bond acceptors (Lipinski definition) is 1. The minimum Gasteiger partial charge on any atom is -0.302 e. The molecule has 1 rings (SSSR count). The van der Waals surface area contributed by atoms with Crippen LogP contribution in [-0.2, 0) is 11.1 Å². The molecule has 1 N–H and O–H groups in total. The molecule has 0 aromatic rings.